The van der Waals surface area contributed by atoms with Gasteiger partial charge in [-0.3, -0.25) is 4.90 Å². The van der Waals surface area contributed by atoms with Crippen molar-refractivity contribution in [2.24, 2.45) is 5.73 Å². The standard InChI is InChI=1S/C16H26FN3/c1-3-20-8-6-15(7-9-20)19(2)12-14-10-13(11-18)4-5-16(14)17/h4-5,10,15H,3,6-9,11-12,18H2,1-2H3. The summed E-state index contributed by atoms with van der Waals surface area (Å²) in [6.45, 7) is 6.76. The van der Waals surface area contributed by atoms with Gasteiger partial charge in [0.25, 0.3) is 0 Å². The molecule has 0 spiro atoms. The lowest BCUT2D eigenvalue weighted by Crippen LogP contribution is -2.43. The molecule has 0 aromatic heterocycles. The van der Waals surface area contributed by atoms with Crippen molar-refractivity contribution in [3.63, 3.8) is 0 Å². The van der Waals surface area contributed by atoms with Gasteiger partial charge < -0.3 is 10.6 Å². The van der Waals surface area contributed by atoms with Crippen molar-refractivity contribution < 1.29 is 4.39 Å². The van der Waals surface area contributed by atoms with Gasteiger partial charge in [-0.1, -0.05) is 19.1 Å². The highest BCUT2D eigenvalue weighted by molar-refractivity contribution is 5.25. The lowest BCUT2D eigenvalue weighted by atomic mass is 10.0. The van der Waals surface area contributed by atoms with Crippen LogP contribution in [0.2, 0.25) is 0 Å². The smallest absolute Gasteiger partial charge is 0.127 e. The quantitative estimate of drug-likeness (QED) is 0.897. The van der Waals surface area contributed by atoms with Crippen LogP contribution in [0.25, 0.3) is 0 Å². The molecule has 1 aromatic rings. The second-order valence-corrected chi connectivity index (χ2v) is 5.71. The molecule has 20 heavy (non-hydrogen) atoms. The topological polar surface area (TPSA) is 32.5 Å². The third-order valence-electron chi connectivity index (χ3n) is 4.39. The van der Waals surface area contributed by atoms with Gasteiger partial charge >= 0.3 is 0 Å². The van der Waals surface area contributed by atoms with Crippen LogP contribution in [0.5, 0.6) is 0 Å². The highest BCUT2D eigenvalue weighted by Gasteiger charge is 2.22. The predicted molar refractivity (Wildman–Crippen MR) is 80.9 cm³/mol. The van der Waals surface area contributed by atoms with E-state index in [1.54, 1.807) is 6.07 Å². The van der Waals surface area contributed by atoms with Crippen molar-refractivity contribution in [1.82, 2.24) is 9.80 Å². The first-order valence-corrected chi connectivity index (χ1v) is 7.54. The Morgan fingerprint density at radius 3 is 2.65 bits per heavy atom. The second-order valence-electron chi connectivity index (χ2n) is 5.71. The van der Waals surface area contributed by atoms with E-state index in [-0.39, 0.29) is 5.82 Å². The van der Waals surface area contributed by atoms with E-state index in [0.29, 0.717) is 19.1 Å². The minimum Gasteiger partial charge on any atom is -0.326 e. The Morgan fingerprint density at radius 1 is 1.35 bits per heavy atom. The van der Waals surface area contributed by atoms with E-state index < -0.39 is 0 Å². The molecule has 2 N–H and O–H groups in total. The fourth-order valence-electron chi connectivity index (χ4n) is 2.95. The van der Waals surface area contributed by atoms with Gasteiger partial charge in [0.15, 0.2) is 0 Å². The maximum atomic E-state index is 13.9. The molecule has 0 bridgehead atoms. The molecule has 112 valence electrons. The number of hydrogen-bond donors (Lipinski definition) is 1. The monoisotopic (exact) mass is 279 g/mol. The Morgan fingerprint density at radius 2 is 2.05 bits per heavy atom. The molecule has 1 saturated heterocycles. The molecular formula is C16H26FN3. The number of piperidine rings is 1. The molecule has 0 radical (unpaired) electrons. The third-order valence-corrected chi connectivity index (χ3v) is 4.39. The minimum absolute atomic E-state index is 0.125. The van der Waals surface area contributed by atoms with Gasteiger partial charge in [0.05, 0.1) is 0 Å². The summed E-state index contributed by atoms with van der Waals surface area (Å²) in [6.07, 6.45) is 2.34. The zero-order chi connectivity index (χ0) is 14.5. The number of nitrogens with two attached hydrogens (primary N) is 1. The highest BCUT2D eigenvalue weighted by atomic mass is 19.1. The Labute approximate surface area is 121 Å². The second kappa shape index (κ2) is 7.16. The van der Waals surface area contributed by atoms with Crippen LogP contribution in [0.15, 0.2) is 18.2 Å². The average Bonchev–Trinajstić information content (AvgIpc) is 2.49. The van der Waals surface area contributed by atoms with Gasteiger partial charge in [0, 0.05) is 24.7 Å². The molecule has 2 rings (SSSR count). The van der Waals surface area contributed by atoms with E-state index in [0.717, 1.165) is 30.8 Å². The maximum Gasteiger partial charge on any atom is 0.127 e. The molecule has 0 aliphatic carbocycles. The third kappa shape index (κ3) is 3.78. The van der Waals surface area contributed by atoms with Gasteiger partial charge in [-0.15, -0.1) is 0 Å². The van der Waals surface area contributed by atoms with Crippen molar-refractivity contribution in [3.05, 3.63) is 35.1 Å². The van der Waals surface area contributed by atoms with Crippen LogP contribution in [-0.2, 0) is 13.1 Å². The van der Waals surface area contributed by atoms with Crippen molar-refractivity contribution in [3.8, 4) is 0 Å². The lowest BCUT2D eigenvalue weighted by Gasteiger charge is -2.36. The summed E-state index contributed by atoms with van der Waals surface area (Å²) in [7, 11) is 2.10. The van der Waals surface area contributed by atoms with Crippen LogP contribution in [0.3, 0.4) is 0 Å². The summed E-state index contributed by atoms with van der Waals surface area (Å²) in [5, 5.41) is 0. The molecule has 3 nitrogen and oxygen atoms in total. The van der Waals surface area contributed by atoms with Gasteiger partial charge in [-0.25, -0.2) is 4.39 Å². The van der Waals surface area contributed by atoms with Crippen molar-refractivity contribution in [2.45, 2.75) is 38.9 Å². The van der Waals surface area contributed by atoms with Gasteiger partial charge in [0.1, 0.15) is 5.82 Å². The van der Waals surface area contributed by atoms with E-state index in [9.17, 15) is 4.39 Å². The van der Waals surface area contributed by atoms with Crippen LogP contribution in [0.4, 0.5) is 4.39 Å². The Kier molecular flexibility index (Phi) is 5.52. The summed E-state index contributed by atoms with van der Waals surface area (Å²) in [6, 6.07) is 5.75. The number of hydrogen-bond acceptors (Lipinski definition) is 3. The van der Waals surface area contributed by atoms with Crippen molar-refractivity contribution in [1.29, 1.82) is 0 Å². The van der Waals surface area contributed by atoms with E-state index >= 15 is 0 Å². The molecule has 4 heteroatoms. The largest absolute Gasteiger partial charge is 0.326 e. The first-order chi connectivity index (χ1) is 9.63. The van der Waals surface area contributed by atoms with E-state index in [4.69, 9.17) is 5.73 Å². The highest BCUT2D eigenvalue weighted by Crippen LogP contribution is 2.19. The van der Waals surface area contributed by atoms with E-state index in [1.165, 1.54) is 18.9 Å². The Bertz CT molecular complexity index is 428. The molecule has 0 atom stereocenters. The maximum absolute atomic E-state index is 13.9. The van der Waals surface area contributed by atoms with Crippen molar-refractivity contribution in [2.75, 3.05) is 26.7 Å². The Hall–Kier alpha value is -0.970. The molecule has 0 saturated carbocycles. The fourth-order valence-corrected chi connectivity index (χ4v) is 2.95. The summed E-state index contributed by atoms with van der Waals surface area (Å²) in [5.41, 5.74) is 7.39. The first kappa shape index (κ1) is 15.4. The van der Waals surface area contributed by atoms with Gasteiger partial charge in [-0.2, -0.15) is 0 Å². The van der Waals surface area contributed by atoms with E-state index in [2.05, 4.69) is 23.8 Å². The summed E-state index contributed by atoms with van der Waals surface area (Å²) >= 11 is 0. The summed E-state index contributed by atoms with van der Waals surface area (Å²) in [4.78, 5) is 4.76. The van der Waals surface area contributed by atoms with Crippen LogP contribution < -0.4 is 5.73 Å². The molecule has 1 aliphatic rings. The lowest BCUT2D eigenvalue weighted by molar-refractivity contribution is 0.126. The predicted octanol–water partition coefficient (Wildman–Crippen LogP) is 2.20. The number of nitrogens with zero attached hydrogens (tertiary/aromatic N) is 2. The number of likely N-dealkylation sites (tertiary alicyclic amines) is 1. The van der Waals surface area contributed by atoms with Gasteiger partial charge in [-0.05, 0) is 51.2 Å². The fraction of sp³-hybridized carbons (Fsp3) is 0.625. The summed E-state index contributed by atoms with van der Waals surface area (Å²) in [5.74, 6) is -0.125. The average molecular weight is 279 g/mol. The zero-order valence-electron chi connectivity index (χ0n) is 12.6. The molecule has 1 aromatic carbocycles. The van der Waals surface area contributed by atoms with Crippen LogP contribution in [0.1, 0.15) is 30.9 Å². The molecule has 1 aliphatic heterocycles. The first-order valence-electron chi connectivity index (χ1n) is 7.54. The SMILES string of the molecule is CCN1CCC(N(C)Cc2cc(CN)ccc2F)CC1. The molecule has 1 fully saturated rings. The number of rotatable bonds is 5. The van der Waals surface area contributed by atoms with Crippen LogP contribution >= 0.6 is 0 Å². The summed E-state index contributed by atoms with van der Waals surface area (Å²) < 4.78 is 13.9. The number of halogens is 1. The normalized spacial score (nSPS) is 17.9. The molecule has 0 unspecified atom stereocenters. The molecule has 0 amide bonds. The van der Waals surface area contributed by atoms with Crippen molar-refractivity contribution >= 4 is 0 Å². The number of benzene rings is 1. The van der Waals surface area contributed by atoms with Crippen LogP contribution in [-0.4, -0.2) is 42.5 Å². The van der Waals surface area contributed by atoms with E-state index in [1.807, 2.05) is 6.07 Å². The minimum atomic E-state index is -0.125. The molecular weight excluding hydrogens is 253 g/mol. The molecule has 1 heterocycles. The Balaban J connectivity index is 1.96. The zero-order valence-corrected chi connectivity index (χ0v) is 12.6. The van der Waals surface area contributed by atoms with Gasteiger partial charge in [0.2, 0.25) is 0 Å². The van der Waals surface area contributed by atoms with Crippen LogP contribution in [0, 0.1) is 5.82 Å².